The number of nitrogens with zero attached hydrogens (tertiary/aromatic N) is 1. The van der Waals surface area contributed by atoms with Crippen LogP contribution in [0.1, 0.15) is 59.3 Å². The van der Waals surface area contributed by atoms with Crippen molar-refractivity contribution in [2.75, 3.05) is 5.73 Å². The molecule has 2 aromatic rings. The Kier molecular flexibility index (Phi) is 7.86. The van der Waals surface area contributed by atoms with Gasteiger partial charge in [0.1, 0.15) is 0 Å². The molecule has 1 aromatic carbocycles. The average molecular weight is 433 g/mol. The number of nitrogens with two attached hydrogens (primary N) is 1. The van der Waals surface area contributed by atoms with Gasteiger partial charge in [0.05, 0.1) is 0 Å². The van der Waals surface area contributed by atoms with Crippen molar-refractivity contribution in [2.45, 2.75) is 72.6 Å². The van der Waals surface area contributed by atoms with Gasteiger partial charge in [-0.25, -0.2) is 0 Å². The minimum absolute atomic E-state index is 0.717. The maximum atomic E-state index is 6.23. The number of aromatic nitrogens is 1. The Morgan fingerprint density at radius 2 is 1.42 bits per heavy atom. The van der Waals surface area contributed by atoms with Crippen molar-refractivity contribution in [1.82, 2.24) is 4.98 Å². The van der Waals surface area contributed by atoms with Crippen molar-refractivity contribution < 1.29 is 0 Å². The molecule has 0 amide bonds. The summed E-state index contributed by atoms with van der Waals surface area (Å²) in [5.74, 6) is 0.717. The van der Waals surface area contributed by atoms with Gasteiger partial charge in [0.15, 0.2) is 0 Å². The van der Waals surface area contributed by atoms with Crippen LogP contribution < -0.4 is 9.44 Å². The molecule has 0 saturated carbocycles. The second kappa shape index (κ2) is 9.64. The first-order chi connectivity index (χ1) is 11.7. The molecule has 132 valence electrons. The SMILES string of the molecule is CCC[CH2][Sn]([CH2]CCC)([CH2]CCC)[c]1nc(N)cc2ccccc12. The zero-order chi connectivity index (χ0) is 17.4. The molecule has 0 aliphatic carbocycles. The number of rotatable bonds is 10. The van der Waals surface area contributed by atoms with Crippen LogP contribution >= 0.6 is 0 Å². The molecule has 3 heteroatoms. The van der Waals surface area contributed by atoms with Crippen molar-refractivity contribution in [3.05, 3.63) is 30.3 Å². The summed E-state index contributed by atoms with van der Waals surface area (Å²) < 4.78 is 5.78. The molecular formula is C21H34N2Sn. The van der Waals surface area contributed by atoms with E-state index in [4.69, 9.17) is 10.7 Å². The fourth-order valence-corrected chi connectivity index (χ4v) is 20.2. The summed E-state index contributed by atoms with van der Waals surface area (Å²) in [6, 6.07) is 10.8. The molecule has 2 rings (SSSR count). The van der Waals surface area contributed by atoms with Crippen LogP contribution in [0.4, 0.5) is 5.82 Å². The molecule has 0 spiro atoms. The summed E-state index contributed by atoms with van der Waals surface area (Å²) in [4.78, 5) is 5.00. The number of benzene rings is 1. The Morgan fingerprint density at radius 1 is 0.875 bits per heavy atom. The van der Waals surface area contributed by atoms with Crippen molar-refractivity contribution in [3.63, 3.8) is 0 Å². The zero-order valence-electron chi connectivity index (χ0n) is 15.8. The van der Waals surface area contributed by atoms with Crippen LogP contribution in [0.3, 0.4) is 0 Å². The van der Waals surface area contributed by atoms with E-state index in [0.717, 1.165) is 0 Å². The molecule has 0 saturated heterocycles. The van der Waals surface area contributed by atoms with Gasteiger partial charge in [-0.05, 0) is 0 Å². The van der Waals surface area contributed by atoms with Crippen LogP contribution in [0.2, 0.25) is 13.3 Å². The van der Waals surface area contributed by atoms with Crippen LogP contribution in [0.25, 0.3) is 10.8 Å². The van der Waals surface area contributed by atoms with E-state index in [2.05, 4.69) is 51.1 Å². The normalized spacial score (nSPS) is 12.0. The molecule has 0 atom stereocenters. The second-order valence-corrected chi connectivity index (χ2v) is 20.1. The van der Waals surface area contributed by atoms with Gasteiger partial charge in [-0.15, -0.1) is 0 Å². The van der Waals surface area contributed by atoms with Crippen molar-refractivity contribution in [2.24, 2.45) is 0 Å². The van der Waals surface area contributed by atoms with Crippen LogP contribution in [0, 0.1) is 0 Å². The van der Waals surface area contributed by atoms with E-state index in [9.17, 15) is 0 Å². The monoisotopic (exact) mass is 434 g/mol. The molecule has 2 N–H and O–H groups in total. The number of unbranched alkanes of at least 4 members (excludes halogenated alkanes) is 3. The van der Waals surface area contributed by atoms with Crippen molar-refractivity contribution >= 4 is 38.7 Å². The first kappa shape index (κ1) is 19.6. The summed E-state index contributed by atoms with van der Waals surface area (Å²) in [5, 5.41) is 2.68. The van der Waals surface area contributed by atoms with Gasteiger partial charge in [-0.3, -0.25) is 0 Å². The predicted octanol–water partition coefficient (Wildman–Crippen LogP) is 5.87. The topological polar surface area (TPSA) is 38.9 Å². The molecule has 0 fully saturated rings. The summed E-state index contributed by atoms with van der Waals surface area (Å²) in [6.07, 6.45) is 7.93. The molecule has 24 heavy (non-hydrogen) atoms. The number of pyridine rings is 1. The van der Waals surface area contributed by atoms with Gasteiger partial charge >= 0.3 is 152 Å². The van der Waals surface area contributed by atoms with Crippen LogP contribution in [-0.4, -0.2) is 23.4 Å². The number of nitrogen functional groups attached to an aromatic ring is 1. The minimum atomic E-state index is -2.54. The van der Waals surface area contributed by atoms with Crippen LogP contribution in [0.5, 0.6) is 0 Å². The number of fused-ring (bicyclic) bond motifs is 1. The van der Waals surface area contributed by atoms with E-state index < -0.39 is 18.4 Å². The van der Waals surface area contributed by atoms with Gasteiger partial charge < -0.3 is 0 Å². The molecular weight excluding hydrogens is 399 g/mol. The van der Waals surface area contributed by atoms with E-state index in [1.807, 2.05) is 0 Å². The molecule has 2 nitrogen and oxygen atoms in total. The molecule has 1 heterocycles. The standard InChI is InChI=1S/C9H7N2.3C4H9.Sn/c10-9-5-7-3-1-2-4-8(7)6-11-9;3*1-3-4-2;/h1-5H,(H2,10,11);3*1,3-4H2,2H3;. The summed E-state index contributed by atoms with van der Waals surface area (Å²) in [6.45, 7) is 6.96. The fraction of sp³-hybridized carbons (Fsp3) is 0.571. The van der Waals surface area contributed by atoms with E-state index >= 15 is 0 Å². The van der Waals surface area contributed by atoms with Gasteiger partial charge in [0.25, 0.3) is 0 Å². The van der Waals surface area contributed by atoms with E-state index in [1.54, 1.807) is 0 Å². The Hall–Kier alpha value is -0.771. The van der Waals surface area contributed by atoms with Crippen molar-refractivity contribution in [3.8, 4) is 0 Å². The van der Waals surface area contributed by atoms with Gasteiger partial charge in [0.2, 0.25) is 0 Å². The van der Waals surface area contributed by atoms with Crippen LogP contribution in [0.15, 0.2) is 30.3 Å². The number of hydrogen-bond donors (Lipinski definition) is 1. The third-order valence-electron chi connectivity index (χ3n) is 5.29. The summed E-state index contributed by atoms with van der Waals surface area (Å²) in [5.41, 5.74) is 6.23. The first-order valence-corrected chi connectivity index (χ1v) is 17.3. The van der Waals surface area contributed by atoms with E-state index in [1.165, 1.54) is 66.3 Å². The Morgan fingerprint density at radius 3 is 1.96 bits per heavy atom. The Labute approximate surface area is 152 Å². The molecule has 0 unspecified atom stereocenters. The fourth-order valence-electron chi connectivity index (χ4n) is 3.90. The molecule has 0 aliphatic heterocycles. The number of anilines is 1. The molecule has 0 aliphatic rings. The maximum absolute atomic E-state index is 6.23. The first-order valence-electron chi connectivity index (χ1n) is 9.82. The third-order valence-corrected chi connectivity index (χ3v) is 20.5. The van der Waals surface area contributed by atoms with E-state index in [0.29, 0.717) is 5.82 Å². The zero-order valence-corrected chi connectivity index (χ0v) is 18.6. The molecule has 0 bridgehead atoms. The van der Waals surface area contributed by atoms with Gasteiger partial charge in [-0.1, -0.05) is 0 Å². The Bertz CT molecular complexity index is 617. The average Bonchev–Trinajstić information content (AvgIpc) is 2.61. The van der Waals surface area contributed by atoms with Crippen LogP contribution in [-0.2, 0) is 0 Å². The van der Waals surface area contributed by atoms with Gasteiger partial charge in [-0.2, -0.15) is 0 Å². The van der Waals surface area contributed by atoms with Crippen molar-refractivity contribution in [1.29, 1.82) is 0 Å². The summed E-state index contributed by atoms with van der Waals surface area (Å²) in [7, 11) is 0. The summed E-state index contributed by atoms with van der Waals surface area (Å²) >= 11 is -2.54. The number of hydrogen-bond acceptors (Lipinski definition) is 2. The quantitative estimate of drug-likeness (QED) is 0.476. The molecule has 1 aromatic heterocycles. The molecule has 0 radical (unpaired) electrons. The van der Waals surface area contributed by atoms with Gasteiger partial charge in [0, 0.05) is 0 Å². The Balaban J connectivity index is 2.58. The predicted molar refractivity (Wildman–Crippen MR) is 111 cm³/mol. The van der Waals surface area contributed by atoms with E-state index in [-0.39, 0.29) is 0 Å². The third kappa shape index (κ3) is 4.65. The second-order valence-electron chi connectivity index (χ2n) is 7.21.